The lowest BCUT2D eigenvalue weighted by atomic mass is 9.79. The summed E-state index contributed by atoms with van der Waals surface area (Å²) in [6, 6.07) is 0. The number of aromatic nitrogens is 2. The van der Waals surface area contributed by atoms with E-state index in [1.165, 1.54) is 0 Å². The molecule has 2 fully saturated rings. The van der Waals surface area contributed by atoms with Gasteiger partial charge < -0.3 is 15.4 Å². The Hall–Kier alpha value is -2.12. The number of rotatable bonds is 7. The van der Waals surface area contributed by atoms with Crippen LogP contribution in [0.1, 0.15) is 64.2 Å². The van der Waals surface area contributed by atoms with Gasteiger partial charge in [0.05, 0.1) is 17.9 Å². The molecule has 1 aromatic rings. The lowest BCUT2D eigenvalue weighted by Crippen LogP contribution is -2.61. The lowest BCUT2D eigenvalue weighted by Gasteiger charge is -2.41. The third-order valence-electron chi connectivity index (χ3n) is 5.92. The van der Waals surface area contributed by atoms with Gasteiger partial charge >= 0.3 is 0 Å². The fourth-order valence-electron chi connectivity index (χ4n) is 4.21. The van der Waals surface area contributed by atoms with E-state index in [0.29, 0.717) is 25.1 Å². The zero-order valence-corrected chi connectivity index (χ0v) is 16.6. The van der Waals surface area contributed by atoms with E-state index in [4.69, 9.17) is 4.74 Å². The van der Waals surface area contributed by atoms with Crippen LogP contribution < -0.4 is 15.4 Å². The molecule has 2 aliphatic carbocycles. The Kier molecular flexibility index (Phi) is 6.57. The van der Waals surface area contributed by atoms with Crippen molar-refractivity contribution in [3.05, 3.63) is 12.4 Å². The van der Waals surface area contributed by atoms with Gasteiger partial charge in [0, 0.05) is 13.6 Å². The van der Waals surface area contributed by atoms with Gasteiger partial charge in [-0.1, -0.05) is 25.7 Å². The van der Waals surface area contributed by atoms with Gasteiger partial charge in [-0.25, -0.2) is 4.39 Å². The molecule has 7 nitrogen and oxygen atoms in total. The summed E-state index contributed by atoms with van der Waals surface area (Å²) >= 11 is 0. The zero-order valence-electron chi connectivity index (χ0n) is 16.6. The molecule has 0 unspecified atom stereocenters. The average molecular weight is 394 g/mol. The van der Waals surface area contributed by atoms with Crippen LogP contribution in [0.3, 0.4) is 0 Å². The number of hydrogen-bond donors (Lipinski definition) is 2. The average Bonchev–Trinajstić information content (AvgIpc) is 3.11. The number of nitrogens with one attached hydrogen (secondary N) is 2. The Morgan fingerprint density at radius 2 is 1.79 bits per heavy atom. The third-order valence-corrected chi connectivity index (χ3v) is 5.92. The standard InChI is InChI=1S/C20H31FN4O3/c1-25-13-16(12-23-25)28-14-17(26)22-15-19(8-4-2-5-9-19)24-18(27)20(21)10-6-3-7-11-20/h12-13H,2-11,14-15H2,1H3,(H,22,26)(H,24,27). The quantitative estimate of drug-likeness (QED) is 0.744. The molecule has 8 heteroatoms. The minimum atomic E-state index is -1.77. The van der Waals surface area contributed by atoms with E-state index in [1.807, 2.05) is 0 Å². The minimum absolute atomic E-state index is 0.122. The van der Waals surface area contributed by atoms with E-state index in [-0.39, 0.29) is 12.5 Å². The fraction of sp³-hybridized carbons (Fsp3) is 0.750. The lowest BCUT2D eigenvalue weighted by molar-refractivity contribution is -0.138. The molecule has 2 saturated carbocycles. The smallest absolute Gasteiger partial charge is 0.258 e. The molecule has 0 saturated heterocycles. The van der Waals surface area contributed by atoms with Gasteiger partial charge in [-0.3, -0.25) is 14.3 Å². The molecule has 1 aromatic heterocycles. The molecular formula is C20H31FN4O3. The number of ether oxygens (including phenoxy) is 1. The minimum Gasteiger partial charge on any atom is -0.480 e. The number of halogens is 1. The molecule has 3 rings (SSSR count). The van der Waals surface area contributed by atoms with Crippen molar-refractivity contribution >= 4 is 11.8 Å². The van der Waals surface area contributed by atoms with Gasteiger partial charge in [0.1, 0.15) is 0 Å². The second kappa shape index (κ2) is 8.92. The summed E-state index contributed by atoms with van der Waals surface area (Å²) in [4.78, 5) is 24.9. The van der Waals surface area contributed by atoms with Gasteiger partial charge in [0.15, 0.2) is 18.0 Å². The molecule has 0 aliphatic heterocycles. The van der Waals surface area contributed by atoms with E-state index in [9.17, 15) is 9.59 Å². The van der Waals surface area contributed by atoms with Crippen LogP contribution in [-0.2, 0) is 16.6 Å². The summed E-state index contributed by atoms with van der Waals surface area (Å²) in [5, 5.41) is 9.84. The number of carbonyl (C=O) groups excluding carboxylic acids is 2. The highest BCUT2D eigenvalue weighted by molar-refractivity contribution is 5.86. The van der Waals surface area contributed by atoms with Crippen LogP contribution in [0.2, 0.25) is 0 Å². The Labute approximate surface area is 165 Å². The Bertz CT molecular complexity index is 679. The first-order chi connectivity index (χ1) is 13.4. The maximum Gasteiger partial charge on any atom is 0.258 e. The largest absolute Gasteiger partial charge is 0.480 e. The number of alkyl halides is 1. The molecule has 0 radical (unpaired) electrons. The highest BCUT2D eigenvalue weighted by Gasteiger charge is 2.44. The first kappa shape index (κ1) is 20.6. The number of amides is 2. The van der Waals surface area contributed by atoms with Crippen LogP contribution in [-0.4, -0.2) is 46.0 Å². The summed E-state index contributed by atoms with van der Waals surface area (Å²) in [7, 11) is 1.77. The molecule has 2 aliphatic rings. The second-order valence-electron chi connectivity index (χ2n) is 8.24. The molecule has 1 heterocycles. The van der Waals surface area contributed by atoms with E-state index in [0.717, 1.165) is 51.4 Å². The van der Waals surface area contributed by atoms with Crippen LogP contribution in [0.25, 0.3) is 0 Å². The summed E-state index contributed by atoms with van der Waals surface area (Å²) in [5.74, 6) is -0.249. The van der Waals surface area contributed by atoms with Crippen molar-refractivity contribution in [3.8, 4) is 5.75 Å². The number of carbonyl (C=O) groups is 2. The molecule has 0 aromatic carbocycles. The van der Waals surface area contributed by atoms with Gasteiger partial charge in [-0.15, -0.1) is 0 Å². The predicted molar refractivity (Wildman–Crippen MR) is 103 cm³/mol. The SMILES string of the molecule is Cn1cc(OCC(=O)NCC2(NC(=O)C3(F)CCCCC3)CCCCC2)cn1. The third kappa shape index (κ3) is 5.23. The van der Waals surface area contributed by atoms with Crippen molar-refractivity contribution in [2.45, 2.75) is 75.4 Å². The highest BCUT2D eigenvalue weighted by Crippen LogP contribution is 2.34. The molecule has 0 bridgehead atoms. The molecule has 0 spiro atoms. The summed E-state index contributed by atoms with van der Waals surface area (Å²) < 4.78 is 22.1. The van der Waals surface area contributed by atoms with Crippen LogP contribution >= 0.6 is 0 Å². The summed E-state index contributed by atoms with van der Waals surface area (Å²) in [6.45, 7) is 0.173. The monoisotopic (exact) mass is 394 g/mol. The zero-order chi connectivity index (χ0) is 20.0. The molecular weight excluding hydrogens is 363 g/mol. The first-order valence-electron chi connectivity index (χ1n) is 10.3. The molecule has 2 amide bonds. The van der Waals surface area contributed by atoms with Crippen molar-refractivity contribution < 1.29 is 18.7 Å². The van der Waals surface area contributed by atoms with Crippen LogP contribution in [0, 0.1) is 0 Å². The van der Waals surface area contributed by atoms with Crippen LogP contribution in [0.5, 0.6) is 5.75 Å². The van der Waals surface area contributed by atoms with Crippen molar-refractivity contribution in [1.82, 2.24) is 20.4 Å². The first-order valence-corrected chi connectivity index (χ1v) is 10.3. The van der Waals surface area contributed by atoms with E-state index >= 15 is 4.39 Å². The highest BCUT2D eigenvalue weighted by atomic mass is 19.1. The molecule has 2 N–H and O–H groups in total. The van der Waals surface area contributed by atoms with Gasteiger partial charge in [0.25, 0.3) is 11.8 Å². The number of aryl methyl sites for hydroxylation is 1. The van der Waals surface area contributed by atoms with Crippen molar-refractivity contribution in [2.75, 3.05) is 13.2 Å². The maximum absolute atomic E-state index is 15.1. The van der Waals surface area contributed by atoms with E-state index in [2.05, 4.69) is 15.7 Å². The van der Waals surface area contributed by atoms with Gasteiger partial charge in [0.2, 0.25) is 0 Å². The van der Waals surface area contributed by atoms with E-state index < -0.39 is 17.1 Å². The van der Waals surface area contributed by atoms with Crippen molar-refractivity contribution in [1.29, 1.82) is 0 Å². The molecule has 28 heavy (non-hydrogen) atoms. The van der Waals surface area contributed by atoms with Crippen LogP contribution in [0.4, 0.5) is 4.39 Å². The van der Waals surface area contributed by atoms with Gasteiger partial charge in [-0.2, -0.15) is 5.10 Å². The van der Waals surface area contributed by atoms with Crippen molar-refractivity contribution in [2.24, 2.45) is 7.05 Å². The normalized spacial score (nSPS) is 20.9. The summed E-state index contributed by atoms with van der Waals surface area (Å²) in [6.07, 6.45) is 10.8. The van der Waals surface area contributed by atoms with Crippen molar-refractivity contribution in [3.63, 3.8) is 0 Å². The summed E-state index contributed by atoms with van der Waals surface area (Å²) in [5.41, 5.74) is -2.34. The molecule has 156 valence electrons. The number of nitrogens with zero attached hydrogens (tertiary/aromatic N) is 2. The predicted octanol–water partition coefficient (Wildman–Crippen LogP) is 2.41. The van der Waals surface area contributed by atoms with E-state index in [1.54, 1.807) is 24.1 Å². The fourth-order valence-corrected chi connectivity index (χ4v) is 4.21. The second-order valence-corrected chi connectivity index (χ2v) is 8.24. The Morgan fingerprint density at radius 1 is 1.14 bits per heavy atom. The number of hydrogen-bond acceptors (Lipinski definition) is 4. The van der Waals surface area contributed by atoms with Gasteiger partial charge in [-0.05, 0) is 38.5 Å². The maximum atomic E-state index is 15.1. The topological polar surface area (TPSA) is 85.2 Å². The van der Waals surface area contributed by atoms with Crippen LogP contribution in [0.15, 0.2) is 12.4 Å². The Morgan fingerprint density at radius 3 is 2.39 bits per heavy atom. The Balaban J connectivity index is 1.54. The molecule has 0 atom stereocenters.